The van der Waals surface area contributed by atoms with Crippen LogP contribution in [0.3, 0.4) is 0 Å². The van der Waals surface area contributed by atoms with E-state index in [9.17, 15) is 10.0 Å². The van der Waals surface area contributed by atoms with E-state index in [0.29, 0.717) is 11.9 Å². The molecule has 0 bridgehead atoms. The smallest absolute Gasteiger partial charge is 0.338 e. The van der Waals surface area contributed by atoms with Crippen molar-refractivity contribution in [3.8, 4) is 0 Å². The number of aromatic carboxylic acids is 1. The van der Waals surface area contributed by atoms with Gasteiger partial charge in [0.05, 0.1) is 5.56 Å². The lowest BCUT2D eigenvalue weighted by Gasteiger charge is -2.32. The Bertz CT molecular complexity index is 1030. The third kappa shape index (κ3) is 4.28. The summed E-state index contributed by atoms with van der Waals surface area (Å²) in [5.41, 5.74) is 4.42. The number of fused-ring (bicyclic) bond motifs is 1. The Morgan fingerprint density at radius 2 is 2.00 bits per heavy atom. The number of carboxylic acids is 1. The van der Waals surface area contributed by atoms with Gasteiger partial charge in [-0.15, -0.1) is 0 Å². The van der Waals surface area contributed by atoms with Gasteiger partial charge in [-0.2, -0.15) is 5.48 Å². The molecule has 1 saturated heterocycles. The standard InChI is InChI=1S/C21H26N6O3/c1-26-13-16(18-8-17(25-30)2-3-19(18)26)10-22-9-14-4-6-27(7-5-14)21-23-11-15(12-24-21)20(28)29/h2-3,8,11-14,22,25,30H,4-7,9-10H2,1H3,(H,28,29)/p+1. The predicted octanol–water partition coefficient (Wildman–Crippen LogP) is 1.26. The Morgan fingerprint density at radius 3 is 2.67 bits per heavy atom. The molecule has 30 heavy (non-hydrogen) atoms. The minimum absolute atomic E-state index is 0.107. The first kappa shape index (κ1) is 20.3. The van der Waals surface area contributed by atoms with Crippen LogP contribution >= 0.6 is 0 Å². The van der Waals surface area contributed by atoms with Gasteiger partial charge in [-0.05, 0) is 36.9 Å². The van der Waals surface area contributed by atoms with Crippen LogP contribution in [0.4, 0.5) is 11.6 Å². The van der Waals surface area contributed by atoms with E-state index < -0.39 is 5.97 Å². The number of anilines is 1. The third-order valence-electron chi connectivity index (χ3n) is 5.78. The number of nitrogens with zero attached hydrogens (tertiary/aromatic N) is 4. The van der Waals surface area contributed by atoms with Gasteiger partial charge >= 0.3 is 5.97 Å². The molecule has 1 aliphatic rings. The summed E-state index contributed by atoms with van der Waals surface area (Å²) >= 11 is 0. The fourth-order valence-corrected chi connectivity index (χ4v) is 4.06. The first-order valence-electron chi connectivity index (χ1n) is 10.1. The van der Waals surface area contributed by atoms with Gasteiger partial charge in [0, 0.05) is 68.3 Å². The highest BCUT2D eigenvalue weighted by Crippen LogP contribution is 2.24. The Balaban J connectivity index is 1.29. The number of carbonyl (C=O) groups is 1. The van der Waals surface area contributed by atoms with Crippen LogP contribution in [0.15, 0.2) is 36.8 Å². The van der Waals surface area contributed by atoms with Crippen LogP contribution in [-0.4, -0.2) is 50.5 Å². The molecule has 2 aromatic heterocycles. The monoisotopic (exact) mass is 411 g/mol. The summed E-state index contributed by atoms with van der Waals surface area (Å²) in [5, 5.41) is 23.0. The number of hydrogen-bond donors (Lipinski definition) is 4. The highest BCUT2D eigenvalue weighted by Gasteiger charge is 2.21. The van der Waals surface area contributed by atoms with Crippen LogP contribution in [0.1, 0.15) is 28.8 Å². The quantitative estimate of drug-likeness (QED) is 0.341. The number of nitrogens with two attached hydrogens (primary N) is 1. The normalized spacial score (nSPS) is 15.1. The maximum Gasteiger partial charge on any atom is 0.338 e. The molecule has 3 heterocycles. The summed E-state index contributed by atoms with van der Waals surface area (Å²) in [4.78, 5) is 21.4. The molecule has 0 saturated carbocycles. The molecule has 4 rings (SSSR count). The molecule has 0 radical (unpaired) electrons. The van der Waals surface area contributed by atoms with E-state index in [4.69, 9.17) is 5.11 Å². The van der Waals surface area contributed by atoms with E-state index in [1.54, 1.807) is 0 Å². The van der Waals surface area contributed by atoms with E-state index >= 15 is 0 Å². The Labute approximate surface area is 174 Å². The number of hydrogen-bond acceptors (Lipinski definition) is 6. The Kier molecular flexibility index (Phi) is 5.93. The van der Waals surface area contributed by atoms with E-state index in [1.165, 1.54) is 18.0 Å². The lowest BCUT2D eigenvalue weighted by atomic mass is 9.97. The van der Waals surface area contributed by atoms with Crippen molar-refractivity contribution in [3.05, 3.63) is 47.9 Å². The Hall–Kier alpha value is -3.01. The first-order chi connectivity index (χ1) is 14.5. The van der Waals surface area contributed by atoms with Crippen molar-refractivity contribution in [3.63, 3.8) is 0 Å². The number of aromatic nitrogens is 3. The molecular formula is C21H27N6O3+. The summed E-state index contributed by atoms with van der Waals surface area (Å²) in [6.07, 6.45) is 6.94. The number of rotatable bonds is 7. The fraction of sp³-hybridized carbons (Fsp3) is 0.381. The largest absolute Gasteiger partial charge is 0.478 e. The summed E-state index contributed by atoms with van der Waals surface area (Å²) < 4.78 is 2.11. The van der Waals surface area contributed by atoms with E-state index in [0.717, 1.165) is 61.1 Å². The zero-order valence-electron chi connectivity index (χ0n) is 17.0. The SMILES string of the molecule is Cn1cc(CNCC2CCN(c3ncc(C(=O)O)cn3)CC2)c2cc([NH2+]O)ccc21. The van der Waals surface area contributed by atoms with Gasteiger partial charge in [-0.3, -0.25) is 0 Å². The highest BCUT2D eigenvalue weighted by atomic mass is 16.5. The molecule has 3 aromatic rings. The second-order valence-corrected chi connectivity index (χ2v) is 7.81. The summed E-state index contributed by atoms with van der Waals surface area (Å²) in [6, 6.07) is 5.95. The molecule has 0 aliphatic carbocycles. The molecule has 1 fully saturated rings. The molecule has 9 nitrogen and oxygen atoms in total. The van der Waals surface area contributed by atoms with Crippen molar-refractivity contribution in [1.29, 1.82) is 0 Å². The summed E-state index contributed by atoms with van der Waals surface area (Å²) in [6.45, 7) is 3.45. The maximum absolute atomic E-state index is 10.9. The van der Waals surface area contributed by atoms with Gasteiger partial charge in [-0.1, -0.05) is 0 Å². The molecule has 1 aromatic carbocycles. The number of piperidine rings is 1. The minimum Gasteiger partial charge on any atom is -0.478 e. The third-order valence-corrected chi connectivity index (χ3v) is 5.78. The van der Waals surface area contributed by atoms with Crippen LogP contribution in [0.2, 0.25) is 0 Å². The summed E-state index contributed by atoms with van der Waals surface area (Å²) in [7, 11) is 2.04. The average Bonchev–Trinajstić information content (AvgIpc) is 3.09. The molecule has 158 valence electrons. The van der Waals surface area contributed by atoms with Crippen molar-refractivity contribution in [1.82, 2.24) is 19.9 Å². The van der Waals surface area contributed by atoms with Crippen LogP contribution in [-0.2, 0) is 13.6 Å². The predicted molar refractivity (Wildman–Crippen MR) is 112 cm³/mol. The van der Waals surface area contributed by atoms with Gasteiger partial charge in [0.25, 0.3) is 0 Å². The van der Waals surface area contributed by atoms with Gasteiger partial charge in [-0.25, -0.2) is 20.0 Å². The van der Waals surface area contributed by atoms with Crippen molar-refractivity contribution in [2.75, 3.05) is 24.5 Å². The van der Waals surface area contributed by atoms with Crippen LogP contribution in [0.25, 0.3) is 10.9 Å². The van der Waals surface area contributed by atoms with Crippen molar-refractivity contribution < 1.29 is 20.6 Å². The van der Waals surface area contributed by atoms with Crippen molar-refractivity contribution in [2.45, 2.75) is 19.4 Å². The molecule has 5 N–H and O–H groups in total. The fourth-order valence-electron chi connectivity index (χ4n) is 4.06. The van der Waals surface area contributed by atoms with Gasteiger partial charge < -0.3 is 19.9 Å². The maximum atomic E-state index is 10.9. The van der Waals surface area contributed by atoms with E-state index in [2.05, 4.69) is 30.9 Å². The number of nitrogens with one attached hydrogen (secondary N) is 1. The number of benzene rings is 1. The molecule has 0 amide bonds. The topological polar surface area (TPSA) is 120 Å². The first-order valence-corrected chi connectivity index (χ1v) is 10.1. The number of quaternary nitrogens is 1. The van der Waals surface area contributed by atoms with Crippen LogP contribution in [0.5, 0.6) is 0 Å². The number of aryl methyl sites for hydroxylation is 1. The lowest BCUT2D eigenvalue weighted by Crippen LogP contribution is -2.73. The average molecular weight is 411 g/mol. The molecule has 0 atom stereocenters. The second kappa shape index (κ2) is 8.78. The second-order valence-electron chi connectivity index (χ2n) is 7.81. The highest BCUT2D eigenvalue weighted by molar-refractivity contribution is 5.87. The van der Waals surface area contributed by atoms with Gasteiger partial charge in [0.2, 0.25) is 5.95 Å². The summed E-state index contributed by atoms with van der Waals surface area (Å²) in [5.74, 6) is 0.165. The van der Waals surface area contributed by atoms with E-state index in [1.807, 2.05) is 25.2 Å². The molecule has 1 aliphatic heterocycles. The molecular weight excluding hydrogens is 384 g/mol. The van der Waals surface area contributed by atoms with Crippen molar-refractivity contribution in [2.24, 2.45) is 13.0 Å². The van der Waals surface area contributed by atoms with Crippen LogP contribution < -0.4 is 15.7 Å². The minimum atomic E-state index is -1.01. The number of carboxylic acid groups (broad SMARTS) is 1. The zero-order chi connectivity index (χ0) is 21.1. The van der Waals surface area contributed by atoms with Crippen molar-refractivity contribution >= 4 is 28.5 Å². The van der Waals surface area contributed by atoms with E-state index in [-0.39, 0.29) is 5.56 Å². The zero-order valence-corrected chi connectivity index (χ0v) is 17.0. The van der Waals surface area contributed by atoms with Gasteiger partial charge in [0.15, 0.2) is 5.69 Å². The molecule has 0 unspecified atom stereocenters. The van der Waals surface area contributed by atoms with Crippen LogP contribution in [0, 0.1) is 5.92 Å². The molecule has 9 heteroatoms. The van der Waals surface area contributed by atoms with Gasteiger partial charge in [0.1, 0.15) is 0 Å². The Morgan fingerprint density at radius 1 is 1.27 bits per heavy atom. The lowest BCUT2D eigenvalue weighted by molar-refractivity contribution is -0.825. The molecule has 0 spiro atoms.